The van der Waals surface area contributed by atoms with Crippen molar-refractivity contribution in [2.24, 2.45) is 0 Å². The van der Waals surface area contributed by atoms with Gasteiger partial charge in [-0.1, -0.05) is 194 Å². The number of anilines is 2. The Kier molecular flexibility index (Phi) is 7.98. The van der Waals surface area contributed by atoms with Gasteiger partial charge in [-0.2, -0.15) is 0 Å². The molecule has 0 fully saturated rings. The first-order valence-electron chi connectivity index (χ1n) is 22.1. The zero-order chi connectivity index (χ0) is 41.5. The Labute approximate surface area is 368 Å². The van der Waals surface area contributed by atoms with Gasteiger partial charge in [-0.15, -0.1) is 0 Å². The van der Waals surface area contributed by atoms with Gasteiger partial charge in [0.15, 0.2) is 0 Å². The van der Waals surface area contributed by atoms with Gasteiger partial charge in [0, 0.05) is 33.8 Å². The Hall–Kier alpha value is -7.94. The van der Waals surface area contributed by atoms with Gasteiger partial charge in [0.2, 0.25) is 0 Å². The summed E-state index contributed by atoms with van der Waals surface area (Å²) in [7, 11) is 0. The Morgan fingerprint density at radius 1 is 0.413 bits per heavy atom. The maximum atomic E-state index is 2.61. The van der Waals surface area contributed by atoms with Crippen LogP contribution in [0.1, 0.15) is 28.2 Å². The number of para-hydroxylation sites is 2. The summed E-state index contributed by atoms with van der Waals surface area (Å²) in [5.41, 5.74) is 19.7. The minimum absolute atomic E-state index is 0.122. The molecule has 0 bridgehead atoms. The van der Waals surface area contributed by atoms with E-state index in [2.05, 4.69) is 252 Å². The monoisotopic (exact) mass is 802 g/mol. The highest BCUT2D eigenvalue weighted by Gasteiger charge is 2.49. The van der Waals surface area contributed by atoms with Crippen molar-refractivity contribution in [1.82, 2.24) is 4.57 Å². The van der Waals surface area contributed by atoms with Crippen LogP contribution in [0.25, 0.3) is 60.9 Å². The second kappa shape index (κ2) is 14.1. The van der Waals surface area contributed by atoms with Crippen LogP contribution < -0.4 is 4.90 Å². The van der Waals surface area contributed by atoms with E-state index in [4.69, 9.17) is 0 Å². The molecule has 63 heavy (non-hydrogen) atoms. The molecule has 10 aromatic rings. The zero-order valence-electron chi connectivity index (χ0n) is 34.6. The van der Waals surface area contributed by atoms with Crippen LogP contribution in [0, 0.1) is 0 Å². The Morgan fingerprint density at radius 2 is 1.00 bits per heavy atom. The van der Waals surface area contributed by atoms with Crippen molar-refractivity contribution in [3.05, 3.63) is 271 Å². The largest absolute Gasteiger partial charge is 0.333 e. The number of hydrogen-bond acceptors (Lipinski definition) is 1. The molecular formula is C61H42N2. The molecule has 9 aromatic carbocycles. The third-order valence-corrected chi connectivity index (χ3v) is 14.0. The van der Waals surface area contributed by atoms with Gasteiger partial charge in [0.1, 0.15) is 0 Å². The SMILES string of the molecule is C1=CC2C(C=C1C1(c3ccccc3)c3ccccc3-c3ccccc31)c1cc(-c3ccc4c5ccccc5n(-c5cccc(-c6ccccc6)c5)c4c3)ccc1N2c1ccccc1. The number of hydrogen-bond donors (Lipinski definition) is 0. The molecule has 0 saturated carbocycles. The number of rotatable bonds is 6. The summed E-state index contributed by atoms with van der Waals surface area (Å²) in [5.74, 6) is 0.122. The fraction of sp³-hybridized carbons (Fsp3) is 0.0492. The molecular weight excluding hydrogens is 761 g/mol. The van der Waals surface area contributed by atoms with Gasteiger partial charge in [0.05, 0.1) is 22.5 Å². The predicted molar refractivity (Wildman–Crippen MR) is 262 cm³/mol. The molecule has 2 unspecified atom stereocenters. The summed E-state index contributed by atoms with van der Waals surface area (Å²) < 4.78 is 2.45. The molecule has 0 N–H and O–H groups in total. The van der Waals surface area contributed by atoms with Crippen molar-refractivity contribution in [3.63, 3.8) is 0 Å². The first-order valence-corrected chi connectivity index (χ1v) is 22.1. The molecule has 2 atom stereocenters. The van der Waals surface area contributed by atoms with Gasteiger partial charge in [-0.05, 0) is 110 Å². The molecule has 296 valence electrons. The van der Waals surface area contributed by atoms with Crippen molar-refractivity contribution >= 4 is 33.2 Å². The van der Waals surface area contributed by atoms with Crippen molar-refractivity contribution in [3.8, 4) is 39.1 Å². The fourth-order valence-corrected chi connectivity index (χ4v) is 11.3. The van der Waals surface area contributed by atoms with E-state index < -0.39 is 5.41 Å². The van der Waals surface area contributed by atoms with Crippen molar-refractivity contribution in [2.45, 2.75) is 17.4 Å². The van der Waals surface area contributed by atoms with Crippen LogP contribution in [-0.2, 0) is 5.41 Å². The first kappa shape index (κ1) is 35.8. The third kappa shape index (κ3) is 5.31. The minimum Gasteiger partial charge on any atom is -0.333 e. The molecule has 1 aliphatic heterocycles. The molecule has 2 nitrogen and oxygen atoms in total. The highest BCUT2D eigenvalue weighted by Crippen LogP contribution is 2.59. The van der Waals surface area contributed by atoms with Gasteiger partial charge in [-0.25, -0.2) is 0 Å². The number of aromatic nitrogens is 1. The molecule has 0 amide bonds. The standard InChI is InChI=1S/C61H42N2/c1-4-17-41(18-5-1)42-19-16-24-48(37-42)63-57-30-15-12-27-51(57)52-34-31-44(39-60(52)63)43-32-35-58-53(38-43)54-40-46(33-36-59(54)62(58)47-22-8-3-9-23-47)61(45-20-6-2-7-21-45)55-28-13-10-25-49(55)50-26-11-14-29-56(50)61/h1-40,54,59H. The molecule has 2 heterocycles. The highest BCUT2D eigenvalue weighted by atomic mass is 15.2. The number of nitrogens with zero attached hydrogens (tertiary/aromatic N) is 2. The van der Waals surface area contributed by atoms with Crippen LogP contribution >= 0.6 is 0 Å². The average Bonchev–Trinajstić information content (AvgIpc) is 3.98. The molecule has 1 aromatic heterocycles. The number of allylic oxidation sites excluding steroid dienone is 2. The molecule has 0 radical (unpaired) electrons. The van der Waals surface area contributed by atoms with Gasteiger partial charge in [-0.3, -0.25) is 0 Å². The van der Waals surface area contributed by atoms with Crippen LogP contribution in [0.2, 0.25) is 0 Å². The quantitative estimate of drug-likeness (QED) is 0.163. The maximum absolute atomic E-state index is 2.61. The van der Waals surface area contributed by atoms with Gasteiger partial charge in [0.25, 0.3) is 0 Å². The second-order valence-corrected chi connectivity index (χ2v) is 17.2. The van der Waals surface area contributed by atoms with E-state index in [0.717, 1.165) is 5.69 Å². The Morgan fingerprint density at radius 3 is 1.78 bits per heavy atom. The molecule has 0 spiro atoms. The zero-order valence-corrected chi connectivity index (χ0v) is 34.6. The van der Waals surface area contributed by atoms with Crippen molar-refractivity contribution in [1.29, 1.82) is 0 Å². The molecule has 3 aliphatic rings. The second-order valence-electron chi connectivity index (χ2n) is 17.2. The Bertz CT molecular complexity index is 3420. The van der Waals surface area contributed by atoms with E-state index in [0.29, 0.717) is 0 Å². The van der Waals surface area contributed by atoms with E-state index in [-0.39, 0.29) is 12.0 Å². The predicted octanol–water partition coefficient (Wildman–Crippen LogP) is 15.2. The normalized spacial score (nSPS) is 16.7. The van der Waals surface area contributed by atoms with Crippen LogP contribution in [0.3, 0.4) is 0 Å². The van der Waals surface area contributed by atoms with Gasteiger partial charge >= 0.3 is 0 Å². The van der Waals surface area contributed by atoms with E-state index >= 15 is 0 Å². The van der Waals surface area contributed by atoms with Crippen molar-refractivity contribution in [2.75, 3.05) is 4.90 Å². The fourth-order valence-electron chi connectivity index (χ4n) is 11.3. The Balaban J connectivity index is 0.996. The number of benzene rings is 9. The highest BCUT2D eigenvalue weighted by molar-refractivity contribution is 6.10. The first-order chi connectivity index (χ1) is 31.3. The lowest BCUT2D eigenvalue weighted by atomic mass is 9.65. The number of fused-ring (bicyclic) bond motifs is 9. The van der Waals surface area contributed by atoms with Crippen LogP contribution in [0.5, 0.6) is 0 Å². The van der Waals surface area contributed by atoms with Gasteiger partial charge < -0.3 is 9.47 Å². The van der Waals surface area contributed by atoms with Crippen LogP contribution in [0.15, 0.2) is 248 Å². The van der Waals surface area contributed by atoms with Crippen LogP contribution in [0.4, 0.5) is 11.4 Å². The van der Waals surface area contributed by atoms with Crippen LogP contribution in [-0.4, -0.2) is 10.6 Å². The van der Waals surface area contributed by atoms with Crippen molar-refractivity contribution < 1.29 is 0 Å². The lowest BCUT2D eigenvalue weighted by Gasteiger charge is -2.38. The topological polar surface area (TPSA) is 8.17 Å². The molecule has 0 saturated heterocycles. The maximum Gasteiger partial charge on any atom is 0.0710 e. The minimum atomic E-state index is -0.454. The summed E-state index contributed by atoms with van der Waals surface area (Å²) in [6.45, 7) is 0. The molecule has 2 heteroatoms. The molecule has 2 aliphatic carbocycles. The third-order valence-electron chi connectivity index (χ3n) is 14.0. The van der Waals surface area contributed by atoms with E-state index in [9.17, 15) is 0 Å². The lowest BCUT2D eigenvalue weighted by Crippen LogP contribution is -2.34. The summed E-state index contributed by atoms with van der Waals surface area (Å²) in [6, 6.07) is 83.0. The lowest BCUT2D eigenvalue weighted by molar-refractivity contribution is 0.694. The summed E-state index contributed by atoms with van der Waals surface area (Å²) >= 11 is 0. The van der Waals surface area contributed by atoms with E-state index in [1.165, 1.54) is 94.4 Å². The average molecular weight is 803 g/mol. The van der Waals surface area contributed by atoms with E-state index in [1.807, 2.05) is 0 Å². The molecule has 13 rings (SSSR count). The van der Waals surface area contributed by atoms with E-state index in [1.54, 1.807) is 0 Å². The summed E-state index contributed by atoms with van der Waals surface area (Å²) in [6.07, 6.45) is 7.53. The smallest absolute Gasteiger partial charge is 0.0710 e. The summed E-state index contributed by atoms with van der Waals surface area (Å²) in [5, 5.41) is 2.51. The summed E-state index contributed by atoms with van der Waals surface area (Å²) in [4.78, 5) is 2.56.